The number of fused-ring (bicyclic) bond motifs is 1. The van der Waals surface area contributed by atoms with Crippen molar-refractivity contribution in [3.63, 3.8) is 0 Å². The van der Waals surface area contributed by atoms with Gasteiger partial charge in [-0.3, -0.25) is 0 Å². The van der Waals surface area contributed by atoms with Gasteiger partial charge in [-0.25, -0.2) is 0 Å². The van der Waals surface area contributed by atoms with E-state index in [4.69, 9.17) is 0 Å². The van der Waals surface area contributed by atoms with Crippen molar-refractivity contribution < 1.29 is 5.11 Å². The summed E-state index contributed by atoms with van der Waals surface area (Å²) in [5.74, 6) is 0.418. The molecule has 2 N–H and O–H groups in total. The predicted octanol–water partition coefficient (Wildman–Crippen LogP) is 3.48. The van der Waals surface area contributed by atoms with Gasteiger partial charge in [0.2, 0.25) is 0 Å². The molecule has 1 atom stereocenters. The van der Waals surface area contributed by atoms with Crippen LogP contribution in [0.1, 0.15) is 34.7 Å². The minimum Gasteiger partial charge on any atom is -0.507 e. The Morgan fingerprint density at radius 1 is 1.16 bits per heavy atom. The highest BCUT2D eigenvalue weighted by Gasteiger charge is 2.21. The maximum absolute atomic E-state index is 10.0. The van der Waals surface area contributed by atoms with E-state index in [0.717, 1.165) is 24.0 Å². The molecule has 0 amide bonds. The van der Waals surface area contributed by atoms with Crippen LogP contribution in [0.15, 0.2) is 42.5 Å². The third-order valence-corrected chi connectivity index (χ3v) is 3.99. The van der Waals surface area contributed by atoms with Gasteiger partial charge in [-0.2, -0.15) is 0 Å². The molecule has 3 rings (SSSR count). The Hall–Kier alpha value is -1.80. The number of aryl methyl sites for hydroxylation is 2. The lowest BCUT2D eigenvalue weighted by atomic mass is 10.1. The van der Waals surface area contributed by atoms with Crippen LogP contribution < -0.4 is 5.32 Å². The van der Waals surface area contributed by atoms with Gasteiger partial charge >= 0.3 is 0 Å². The largest absolute Gasteiger partial charge is 0.507 e. The predicted molar refractivity (Wildman–Crippen MR) is 77.2 cm³/mol. The van der Waals surface area contributed by atoms with Crippen molar-refractivity contribution in [1.29, 1.82) is 0 Å². The molecule has 19 heavy (non-hydrogen) atoms. The van der Waals surface area contributed by atoms with Gasteiger partial charge in [-0.05, 0) is 36.5 Å². The molecule has 2 aromatic rings. The molecule has 0 radical (unpaired) electrons. The number of hydrogen-bond donors (Lipinski definition) is 2. The lowest BCUT2D eigenvalue weighted by Gasteiger charge is -2.15. The van der Waals surface area contributed by atoms with Gasteiger partial charge in [0.1, 0.15) is 5.75 Å². The summed E-state index contributed by atoms with van der Waals surface area (Å²) in [6.45, 7) is 2.65. The molecule has 0 aliphatic heterocycles. The van der Waals surface area contributed by atoms with Gasteiger partial charge in [-0.15, -0.1) is 0 Å². The topological polar surface area (TPSA) is 32.3 Å². The zero-order valence-corrected chi connectivity index (χ0v) is 11.2. The van der Waals surface area contributed by atoms with Gasteiger partial charge in [0.25, 0.3) is 0 Å². The Bertz CT molecular complexity index is 592. The third kappa shape index (κ3) is 2.36. The zero-order valence-electron chi connectivity index (χ0n) is 11.2. The molecule has 2 aromatic carbocycles. The van der Waals surface area contributed by atoms with Crippen molar-refractivity contribution in [3.05, 3.63) is 64.7 Å². The van der Waals surface area contributed by atoms with Gasteiger partial charge in [0.15, 0.2) is 0 Å². The highest BCUT2D eigenvalue weighted by Crippen LogP contribution is 2.31. The fourth-order valence-electron chi connectivity index (χ4n) is 2.86. The van der Waals surface area contributed by atoms with Crippen molar-refractivity contribution in [2.75, 3.05) is 0 Å². The van der Waals surface area contributed by atoms with E-state index in [1.54, 1.807) is 0 Å². The maximum atomic E-state index is 10.0. The first-order valence-corrected chi connectivity index (χ1v) is 6.84. The summed E-state index contributed by atoms with van der Waals surface area (Å²) < 4.78 is 0. The Kier molecular flexibility index (Phi) is 3.26. The van der Waals surface area contributed by atoms with E-state index in [-0.39, 0.29) is 0 Å². The fraction of sp³-hybridized carbons (Fsp3) is 0.294. The van der Waals surface area contributed by atoms with Crippen LogP contribution in [-0.4, -0.2) is 5.11 Å². The molecule has 2 nitrogen and oxygen atoms in total. The summed E-state index contributed by atoms with van der Waals surface area (Å²) >= 11 is 0. The normalized spacial score (nSPS) is 17.4. The number of nitrogens with one attached hydrogen (secondary N) is 1. The molecule has 0 bridgehead atoms. The van der Waals surface area contributed by atoms with Gasteiger partial charge in [0.05, 0.1) is 0 Å². The van der Waals surface area contributed by atoms with E-state index in [9.17, 15) is 5.11 Å². The van der Waals surface area contributed by atoms with Crippen LogP contribution in [0.5, 0.6) is 5.75 Å². The second-order valence-electron chi connectivity index (χ2n) is 5.25. The van der Waals surface area contributed by atoms with Crippen molar-refractivity contribution in [3.8, 4) is 5.75 Å². The van der Waals surface area contributed by atoms with Gasteiger partial charge in [0, 0.05) is 18.2 Å². The van der Waals surface area contributed by atoms with E-state index in [0.29, 0.717) is 18.3 Å². The van der Waals surface area contributed by atoms with Crippen LogP contribution >= 0.6 is 0 Å². The molecule has 98 valence electrons. The summed E-state index contributed by atoms with van der Waals surface area (Å²) in [5, 5.41) is 13.6. The van der Waals surface area contributed by atoms with Crippen molar-refractivity contribution in [2.45, 2.75) is 32.4 Å². The summed E-state index contributed by atoms with van der Waals surface area (Å²) in [7, 11) is 0. The van der Waals surface area contributed by atoms with Crippen LogP contribution in [0.2, 0.25) is 0 Å². The minimum atomic E-state index is 0.413. The number of benzene rings is 2. The first-order chi connectivity index (χ1) is 9.25. The van der Waals surface area contributed by atoms with Crippen molar-refractivity contribution >= 4 is 0 Å². The van der Waals surface area contributed by atoms with E-state index >= 15 is 0 Å². The molecular formula is C17H19NO. The number of rotatable bonds is 3. The van der Waals surface area contributed by atoms with Crippen LogP contribution in [0.4, 0.5) is 0 Å². The van der Waals surface area contributed by atoms with E-state index < -0.39 is 0 Å². The second kappa shape index (κ2) is 5.06. The van der Waals surface area contributed by atoms with Crippen molar-refractivity contribution in [1.82, 2.24) is 5.32 Å². The molecule has 0 fully saturated rings. The molecule has 0 saturated heterocycles. The monoisotopic (exact) mass is 253 g/mol. The standard InChI is InChI=1S/C17H19NO/c1-12-5-4-7-14(17(12)19)11-18-16-10-9-13-6-2-3-8-15(13)16/h2-8,16,18-19H,9-11H2,1H3. The lowest BCUT2D eigenvalue weighted by molar-refractivity contribution is 0.453. The van der Waals surface area contributed by atoms with Gasteiger partial charge < -0.3 is 10.4 Å². The van der Waals surface area contributed by atoms with Gasteiger partial charge in [-0.1, -0.05) is 42.5 Å². The van der Waals surface area contributed by atoms with E-state index in [1.807, 2.05) is 25.1 Å². The number of aromatic hydroxyl groups is 1. The average Bonchev–Trinajstić information content (AvgIpc) is 2.84. The second-order valence-corrected chi connectivity index (χ2v) is 5.25. The molecule has 1 unspecified atom stereocenters. The summed E-state index contributed by atoms with van der Waals surface area (Å²) in [5.41, 5.74) is 4.78. The molecule has 0 spiro atoms. The van der Waals surface area contributed by atoms with Crippen LogP contribution in [-0.2, 0) is 13.0 Å². The molecule has 1 aliphatic carbocycles. The van der Waals surface area contributed by atoms with E-state index in [2.05, 4.69) is 29.6 Å². The summed E-state index contributed by atoms with van der Waals surface area (Å²) in [6, 6.07) is 14.9. The zero-order chi connectivity index (χ0) is 13.2. The number of phenols is 1. The fourth-order valence-corrected chi connectivity index (χ4v) is 2.86. The lowest BCUT2D eigenvalue weighted by Crippen LogP contribution is -2.18. The molecule has 0 heterocycles. The Morgan fingerprint density at radius 3 is 2.89 bits per heavy atom. The Balaban J connectivity index is 1.73. The van der Waals surface area contributed by atoms with Crippen LogP contribution in [0, 0.1) is 6.92 Å². The molecule has 0 aromatic heterocycles. The third-order valence-electron chi connectivity index (χ3n) is 3.99. The molecule has 2 heteroatoms. The summed E-state index contributed by atoms with van der Waals surface area (Å²) in [4.78, 5) is 0. The molecule has 0 saturated carbocycles. The Labute approximate surface area is 114 Å². The van der Waals surface area contributed by atoms with E-state index in [1.165, 1.54) is 11.1 Å². The first-order valence-electron chi connectivity index (χ1n) is 6.84. The number of para-hydroxylation sites is 1. The SMILES string of the molecule is Cc1cccc(CNC2CCc3ccccc32)c1O. The Morgan fingerprint density at radius 2 is 2.00 bits per heavy atom. The first kappa shape index (κ1) is 12.2. The maximum Gasteiger partial charge on any atom is 0.122 e. The van der Waals surface area contributed by atoms with Crippen molar-refractivity contribution in [2.24, 2.45) is 0 Å². The number of hydrogen-bond acceptors (Lipinski definition) is 2. The average molecular weight is 253 g/mol. The summed E-state index contributed by atoms with van der Waals surface area (Å²) in [6.07, 6.45) is 2.29. The quantitative estimate of drug-likeness (QED) is 0.877. The smallest absolute Gasteiger partial charge is 0.122 e. The minimum absolute atomic E-state index is 0.413. The highest BCUT2D eigenvalue weighted by atomic mass is 16.3. The van der Waals surface area contributed by atoms with Crippen LogP contribution in [0.25, 0.3) is 0 Å². The van der Waals surface area contributed by atoms with Crippen LogP contribution in [0.3, 0.4) is 0 Å². The highest BCUT2D eigenvalue weighted by molar-refractivity contribution is 5.40. The molecule has 1 aliphatic rings. The molecular weight excluding hydrogens is 234 g/mol. The number of phenolic OH excluding ortho intramolecular Hbond substituents is 1.